The van der Waals surface area contributed by atoms with Crippen LogP contribution in [0.2, 0.25) is 0 Å². The smallest absolute Gasteiger partial charge is 0.123 e. The van der Waals surface area contributed by atoms with Crippen molar-refractivity contribution in [3.8, 4) is 0 Å². The van der Waals surface area contributed by atoms with E-state index in [-0.39, 0.29) is 5.82 Å². The topological polar surface area (TPSA) is 3.24 Å². The van der Waals surface area contributed by atoms with Crippen LogP contribution in [0.1, 0.15) is 16.7 Å². The van der Waals surface area contributed by atoms with Gasteiger partial charge in [0.2, 0.25) is 0 Å². The van der Waals surface area contributed by atoms with Gasteiger partial charge in [-0.2, -0.15) is 0 Å². The van der Waals surface area contributed by atoms with Crippen LogP contribution in [-0.2, 0) is 0 Å². The zero-order valence-corrected chi connectivity index (χ0v) is 13.9. The zero-order chi connectivity index (χ0) is 16.9. The third kappa shape index (κ3) is 3.72. The second-order valence-corrected chi connectivity index (χ2v) is 5.92. The lowest BCUT2D eigenvalue weighted by molar-refractivity contribution is 0.628. The van der Waals surface area contributed by atoms with Crippen molar-refractivity contribution in [2.45, 2.75) is 0 Å². The molecule has 0 fully saturated rings. The van der Waals surface area contributed by atoms with Crippen molar-refractivity contribution in [3.63, 3.8) is 0 Å². The highest BCUT2D eigenvalue weighted by molar-refractivity contribution is 5.91. The Morgan fingerprint density at radius 1 is 0.750 bits per heavy atom. The van der Waals surface area contributed by atoms with Crippen molar-refractivity contribution in [1.29, 1.82) is 0 Å². The Morgan fingerprint density at radius 3 is 1.92 bits per heavy atom. The van der Waals surface area contributed by atoms with Gasteiger partial charge in [-0.25, -0.2) is 4.39 Å². The first-order chi connectivity index (χ1) is 11.6. The summed E-state index contributed by atoms with van der Waals surface area (Å²) in [4.78, 5) is 2.08. The number of hydrogen-bond donors (Lipinski definition) is 0. The molecule has 0 heterocycles. The van der Waals surface area contributed by atoms with Crippen molar-refractivity contribution in [2.24, 2.45) is 0 Å². The number of rotatable bonds is 4. The van der Waals surface area contributed by atoms with Gasteiger partial charge in [-0.15, -0.1) is 0 Å². The molecule has 0 atom stereocenters. The molecule has 0 N–H and O–H groups in total. The van der Waals surface area contributed by atoms with Crippen molar-refractivity contribution in [2.75, 3.05) is 19.0 Å². The fourth-order valence-corrected chi connectivity index (χ4v) is 2.62. The molecule has 0 aromatic heterocycles. The van der Waals surface area contributed by atoms with E-state index in [2.05, 4.69) is 47.4 Å². The fraction of sp³-hybridized carbons (Fsp3) is 0.0909. The minimum Gasteiger partial charge on any atom is -0.378 e. The van der Waals surface area contributed by atoms with Crippen LogP contribution in [0.25, 0.3) is 11.6 Å². The van der Waals surface area contributed by atoms with E-state index in [0.717, 1.165) is 28.0 Å². The third-order valence-electron chi connectivity index (χ3n) is 3.96. The molecule has 3 aromatic carbocycles. The average Bonchev–Trinajstić information content (AvgIpc) is 2.62. The van der Waals surface area contributed by atoms with E-state index < -0.39 is 0 Å². The Labute approximate surface area is 142 Å². The van der Waals surface area contributed by atoms with Crippen molar-refractivity contribution in [3.05, 3.63) is 101 Å². The zero-order valence-electron chi connectivity index (χ0n) is 13.9. The summed E-state index contributed by atoms with van der Waals surface area (Å²) in [5.41, 5.74) is 5.53. The van der Waals surface area contributed by atoms with Crippen LogP contribution in [0.3, 0.4) is 0 Å². The summed E-state index contributed by atoms with van der Waals surface area (Å²) in [5, 5.41) is 0. The first kappa shape index (κ1) is 16.0. The lowest BCUT2D eigenvalue weighted by atomic mass is 9.95. The number of benzene rings is 3. The Balaban J connectivity index is 2.07. The van der Waals surface area contributed by atoms with Gasteiger partial charge in [0.05, 0.1) is 0 Å². The van der Waals surface area contributed by atoms with E-state index >= 15 is 0 Å². The van der Waals surface area contributed by atoms with E-state index in [9.17, 15) is 4.39 Å². The Bertz CT molecular complexity index is 816. The summed E-state index contributed by atoms with van der Waals surface area (Å²) in [7, 11) is 4.06. The number of anilines is 1. The minimum absolute atomic E-state index is 0.219. The van der Waals surface area contributed by atoms with Gasteiger partial charge in [0.15, 0.2) is 0 Å². The summed E-state index contributed by atoms with van der Waals surface area (Å²) in [5.74, 6) is -0.219. The van der Waals surface area contributed by atoms with E-state index in [1.54, 1.807) is 12.1 Å². The number of halogens is 1. The molecule has 1 nitrogen and oxygen atoms in total. The Morgan fingerprint density at radius 2 is 1.33 bits per heavy atom. The summed E-state index contributed by atoms with van der Waals surface area (Å²) in [6, 6.07) is 25.3. The molecule has 0 aliphatic rings. The van der Waals surface area contributed by atoms with E-state index in [1.807, 2.05) is 32.3 Å². The fourth-order valence-electron chi connectivity index (χ4n) is 2.62. The lowest BCUT2D eigenvalue weighted by Crippen LogP contribution is -2.08. The molecular weight excluding hydrogens is 297 g/mol. The van der Waals surface area contributed by atoms with Crippen LogP contribution < -0.4 is 4.90 Å². The molecule has 0 aliphatic heterocycles. The van der Waals surface area contributed by atoms with Crippen LogP contribution in [-0.4, -0.2) is 14.1 Å². The molecule has 0 bridgehead atoms. The van der Waals surface area contributed by atoms with Gasteiger partial charge in [0, 0.05) is 19.8 Å². The van der Waals surface area contributed by atoms with Crippen LogP contribution in [0.4, 0.5) is 10.1 Å². The minimum atomic E-state index is -0.219. The first-order valence-corrected chi connectivity index (χ1v) is 7.94. The second kappa shape index (κ2) is 7.14. The predicted molar refractivity (Wildman–Crippen MR) is 101 cm³/mol. The maximum absolute atomic E-state index is 13.2. The molecule has 0 saturated heterocycles. The molecule has 3 aromatic rings. The lowest BCUT2D eigenvalue weighted by Gasteiger charge is -2.14. The molecule has 120 valence electrons. The molecule has 0 amide bonds. The van der Waals surface area contributed by atoms with E-state index in [4.69, 9.17) is 0 Å². The second-order valence-electron chi connectivity index (χ2n) is 5.92. The standard InChI is InChI=1S/C22H20FN/c1-24(2)21-14-10-19(11-15-21)22(18-6-4-3-5-7-18)16-17-8-12-20(23)13-9-17/h3-16H,1-2H3/b22-16+. The maximum Gasteiger partial charge on any atom is 0.123 e. The SMILES string of the molecule is CN(C)c1ccc(/C(=C/c2ccc(F)cc2)c2ccccc2)cc1. The van der Waals surface area contributed by atoms with E-state index in [0.29, 0.717) is 0 Å². The first-order valence-electron chi connectivity index (χ1n) is 7.94. The van der Waals surface area contributed by atoms with Crippen molar-refractivity contribution < 1.29 is 4.39 Å². The average molecular weight is 317 g/mol. The quantitative estimate of drug-likeness (QED) is 0.576. The molecule has 2 heteroatoms. The van der Waals surface area contributed by atoms with Crippen molar-refractivity contribution in [1.82, 2.24) is 0 Å². The molecule has 0 saturated carbocycles. The summed E-state index contributed by atoms with van der Waals surface area (Å²) in [6.07, 6.45) is 2.10. The Kier molecular flexibility index (Phi) is 4.76. The molecule has 24 heavy (non-hydrogen) atoms. The Hall–Kier alpha value is -2.87. The summed E-state index contributed by atoms with van der Waals surface area (Å²) >= 11 is 0. The highest BCUT2D eigenvalue weighted by atomic mass is 19.1. The monoisotopic (exact) mass is 317 g/mol. The van der Waals surface area contributed by atoms with Gasteiger partial charge < -0.3 is 4.90 Å². The van der Waals surface area contributed by atoms with Gasteiger partial charge >= 0.3 is 0 Å². The molecular formula is C22H20FN. The normalized spacial score (nSPS) is 11.4. The largest absolute Gasteiger partial charge is 0.378 e. The predicted octanol–water partition coefficient (Wildman–Crippen LogP) is 5.48. The van der Waals surface area contributed by atoms with Crippen LogP contribution in [0.15, 0.2) is 78.9 Å². The highest BCUT2D eigenvalue weighted by Crippen LogP contribution is 2.27. The molecule has 3 rings (SSSR count). The molecule has 0 radical (unpaired) electrons. The highest BCUT2D eigenvalue weighted by Gasteiger charge is 2.06. The van der Waals surface area contributed by atoms with Gasteiger partial charge in [0.25, 0.3) is 0 Å². The number of hydrogen-bond acceptors (Lipinski definition) is 1. The van der Waals surface area contributed by atoms with Gasteiger partial charge in [-0.05, 0) is 52.6 Å². The van der Waals surface area contributed by atoms with E-state index in [1.165, 1.54) is 12.1 Å². The summed E-state index contributed by atoms with van der Waals surface area (Å²) in [6.45, 7) is 0. The van der Waals surface area contributed by atoms with Crippen LogP contribution in [0.5, 0.6) is 0 Å². The molecule has 0 unspecified atom stereocenters. The van der Waals surface area contributed by atoms with Crippen molar-refractivity contribution >= 4 is 17.3 Å². The molecule has 0 aliphatic carbocycles. The molecule has 0 spiro atoms. The maximum atomic E-state index is 13.2. The van der Waals surface area contributed by atoms with Gasteiger partial charge in [-0.1, -0.05) is 54.6 Å². The summed E-state index contributed by atoms with van der Waals surface area (Å²) < 4.78 is 13.2. The van der Waals surface area contributed by atoms with Crippen LogP contribution >= 0.6 is 0 Å². The van der Waals surface area contributed by atoms with Crippen LogP contribution in [0, 0.1) is 5.82 Å². The van der Waals surface area contributed by atoms with Gasteiger partial charge in [-0.3, -0.25) is 0 Å². The third-order valence-corrected chi connectivity index (χ3v) is 3.96. The van der Waals surface area contributed by atoms with Gasteiger partial charge in [0.1, 0.15) is 5.82 Å². The number of nitrogens with zero attached hydrogens (tertiary/aromatic N) is 1.